The van der Waals surface area contributed by atoms with E-state index in [4.69, 9.17) is 9.47 Å². The van der Waals surface area contributed by atoms with Gasteiger partial charge in [0.05, 0.1) is 24.6 Å². The first-order valence-electron chi connectivity index (χ1n) is 6.72. The van der Waals surface area contributed by atoms with Gasteiger partial charge in [-0.2, -0.15) is 0 Å². The van der Waals surface area contributed by atoms with E-state index in [0.29, 0.717) is 13.2 Å². The fraction of sp³-hybridized carbons (Fsp3) is 0.533. The van der Waals surface area contributed by atoms with Crippen molar-refractivity contribution in [3.63, 3.8) is 0 Å². The fourth-order valence-electron chi connectivity index (χ4n) is 2.34. The predicted octanol–water partition coefficient (Wildman–Crippen LogP) is 2.79. The molecule has 2 unspecified atom stereocenters. The number of benzene rings is 1. The second-order valence-corrected chi connectivity index (χ2v) is 5.70. The molecule has 2 atom stereocenters. The highest BCUT2D eigenvalue weighted by Gasteiger charge is 2.27. The van der Waals surface area contributed by atoms with Gasteiger partial charge in [-0.15, -0.1) is 0 Å². The highest BCUT2D eigenvalue weighted by molar-refractivity contribution is 9.09. The van der Waals surface area contributed by atoms with Crippen molar-refractivity contribution in [2.45, 2.75) is 33.2 Å². The van der Waals surface area contributed by atoms with Gasteiger partial charge in [0.15, 0.2) is 6.29 Å². The Morgan fingerprint density at radius 3 is 2.75 bits per heavy atom. The van der Waals surface area contributed by atoms with E-state index in [1.165, 1.54) is 5.56 Å². The quantitative estimate of drug-likeness (QED) is 0.790. The smallest absolute Gasteiger partial charge is 0.237 e. The minimum absolute atomic E-state index is 0.00343. The van der Waals surface area contributed by atoms with Gasteiger partial charge < -0.3 is 14.4 Å². The summed E-state index contributed by atoms with van der Waals surface area (Å²) in [7, 11) is 0. The van der Waals surface area contributed by atoms with Crippen LogP contribution in [0.1, 0.15) is 18.1 Å². The molecule has 1 aromatic rings. The van der Waals surface area contributed by atoms with Crippen molar-refractivity contribution >= 4 is 27.5 Å². The maximum Gasteiger partial charge on any atom is 0.237 e. The zero-order chi connectivity index (χ0) is 14.7. The number of hydrogen-bond acceptors (Lipinski definition) is 3. The zero-order valence-electron chi connectivity index (χ0n) is 12.1. The van der Waals surface area contributed by atoms with Crippen molar-refractivity contribution in [2.75, 3.05) is 23.4 Å². The average molecular weight is 342 g/mol. The maximum atomic E-state index is 12.2. The number of rotatable bonds is 4. The molecule has 1 amide bonds. The Balaban J connectivity index is 2.21. The maximum absolute atomic E-state index is 12.2. The van der Waals surface area contributed by atoms with E-state index in [1.54, 1.807) is 4.90 Å². The standard InChI is InChI=1S/C15H20BrNO3/c1-10-4-5-13(11(2)6-10)17(14(18)7-16)8-15-19-9-12(3)20-15/h4-6,12,15H,7-9H2,1-3H3. The zero-order valence-corrected chi connectivity index (χ0v) is 13.6. The highest BCUT2D eigenvalue weighted by Crippen LogP contribution is 2.24. The van der Waals surface area contributed by atoms with Crippen LogP contribution in [0.25, 0.3) is 0 Å². The minimum Gasteiger partial charge on any atom is -0.348 e. The highest BCUT2D eigenvalue weighted by atomic mass is 79.9. The molecule has 4 nitrogen and oxygen atoms in total. The van der Waals surface area contributed by atoms with Gasteiger partial charge in [-0.1, -0.05) is 33.6 Å². The molecule has 1 heterocycles. The first kappa shape index (κ1) is 15.5. The van der Waals surface area contributed by atoms with Gasteiger partial charge in [0.2, 0.25) is 5.91 Å². The molecule has 0 aliphatic carbocycles. The molecule has 20 heavy (non-hydrogen) atoms. The third kappa shape index (κ3) is 3.59. The van der Waals surface area contributed by atoms with Gasteiger partial charge in [0.25, 0.3) is 0 Å². The van der Waals surface area contributed by atoms with Crippen molar-refractivity contribution < 1.29 is 14.3 Å². The number of amides is 1. The molecule has 2 rings (SSSR count). The summed E-state index contributed by atoms with van der Waals surface area (Å²) in [6, 6.07) is 6.06. The van der Waals surface area contributed by atoms with Crippen LogP contribution >= 0.6 is 15.9 Å². The molecule has 1 aromatic carbocycles. The lowest BCUT2D eigenvalue weighted by molar-refractivity contribution is -0.117. The Kier molecular flexibility index (Phi) is 5.18. The second-order valence-electron chi connectivity index (χ2n) is 5.14. The van der Waals surface area contributed by atoms with Gasteiger partial charge in [-0.05, 0) is 32.4 Å². The van der Waals surface area contributed by atoms with Crippen molar-refractivity contribution in [3.8, 4) is 0 Å². The summed E-state index contributed by atoms with van der Waals surface area (Å²) in [5.74, 6) is 0.00343. The first-order chi connectivity index (χ1) is 9.51. The Hall–Kier alpha value is -0.910. The molecule has 1 aliphatic rings. The molecule has 0 radical (unpaired) electrons. The molecule has 0 saturated carbocycles. The third-order valence-electron chi connectivity index (χ3n) is 3.29. The van der Waals surface area contributed by atoms with Crippen LogP contribution in [0.15, 0.2) is 18.2 Å². The molecule has 110 valence electrons. The van der Waals surface area contributed by atoms with E-state index in [9.17, 15) is 4.79 Å². The van der Waals surface area contributed by atoms with Crippen molar-refractivity contribution in [3.05, 3.63) is 29.3 Å². The first-order valence-corrected chi connectivity index (χ1v) is 7.84. The molecule has 0 aromatic heterocycles. The lowest BCUT2D eigenvalue weighted by Crippen LogP contribution is -2.39. The summed E-state index contributed by atoms with van der Waals surface area (Å²) in [6.07, 6.45) is -0.270. The summed E-state index contributed by atoms with van der Waals surface area (Å²) in [5.41, 5.74) is 3.16. The molecular weight excluding hydrogens is 322 g/mol. The number of nitrogens with zero attached hydrogens (tertiary/aromatic N) is 1. The number of ether oxygens (including phenoxy) is 2. The van der Waals surface area contributed by atoms with Crippen LogP contribution in [0, 0.1) is 13.8 Å². The number of alkyl halides is 1. The van der Waals surface area contributed by atoms with Crippen molar-refractivity contribution in [2.24, 2.45) is 0 Å². The van der Waals surface area contributed by atoms with E-state index in [0.717, 1.165) is 11.3 Å². The van der Waals surface area contributed by atoms with Crippen LogP contribution in [0.5, 0.6) is 0 Å². The van der Waals surface area contributed by atoms with E-state index in [-0.39, 0.29) is 23.6 Å². The normalized spacial score (nSPS) is 22.0. The summed E-state index contributed by atoms with van der Waals surface area (Å²) in [6.45, 7) is 7.01. The van der Waals surface area contributed by atoms with Crippen LogP contribution < -0.4 is 4.90 Å². The summed E-state index contributed by atoms with van der Waals surface area (Å²) in [4.78, 5) is 13.9. The molecule has 0 N–H and O–H groups in total. The average Bonchev–Trinajstić information content (AvgIpc) is 2.81. The summed E-state index contributed by atoms with van der Waals surface area (Å²) >= 11 is 3.24. The van der Waals surface area contributed by atoms with Crippen LogP contribution in [-0.4, -0.2) is 36.8 Å². The predicted molar refractivity (Wildman–Crippen MR) is 82.4 cm³/mol. The van der Waals surface area contributed by atoms with Gasteiger partial charge >= 0.3 is 0 Å². The molecule has 0 bridgehead atoms. The van der Waals surface area contributed by atoms with E-state index >= 15 is 0 Å². The van der Waals surface area contributed by atoms with Crippen LogP contribution in [0.2, 0.25) is 0 Å². The molecule has 1 saturated heterocycles. The monoisotopic (exact) mass is 341 g/mol. The van der Waals surface area contributed by atoms with Gasteiger partial charge in [-0.25, -0.2) is 0 Å². The molecule has 1 aliphatic heterocycles. The number of aryl methyl sites for hydroxylation is 2. The Morgan fingerprint density at radius 1 is 1.45 bits per heavy atom. The SMILES string of the molecule is Cc1ccc(N(CC2OCC(C)O2)C(=O)CBr)c(C)c1. The molecular formula is C15H20BrNO3. The van der Waals surface area contributed by atoms with Crippen molar-refractivity contribution in [1.82, 2.24) is 0 Å². The van der Waals surface area contributed by atoms with Crippen LogP contribution in [-0.2, 0) is 14.3 Å². The Bertz CT molecular complexity index is 492. The molecule has 0 spiro atoms. The van der Waals surface area contributed by atoms with Crippen LogP contribution in [0.3, 0.4) is 0 Å². The molecule has 1 fully saturated rings. The lowest BCUT2D eigenvalue weighted by Gasteiger charge is -2.26. The largest absolute Gasteiger partial charge is 0.348 e. The van der Waals surface area contributed by atoms with Crippen molar-refractivity contribution in [1.29, 1.82) is 0 Å². The third-order valence-corrected chi connectivity index (χ3v) is 3.77. The summed E-state index contributed by atoms with van der Waals surface area (Å²) < 4.78 is 11.2. The topological polar surface area (TPSA) is 38.8 Å². The number of anilines is 1. The van der Waals surface area contributed by atoms with Crippen LogP contribution in [0.4, 0.5) is 5.69 Å². The van der Waals surface area contributed by atoms with Gasteiger partial charge in [-0.3, -0.25) is 4.79 Å². The minimum atomic E-state index is -0.353. The Morgan fingerprint density at radius 2 is 2.20 bits per heavy atom. The fourth-order valence-corrected chi connectivity index (χ4v) is 2.64. The summed E-state index contributed by atoms with van der Waals surface area (Å²) in [5, 5.41) is 0.280. The van der Waals surface area contributed by atoms with E-state index in [2.05, 4.69) is 22.0 Å². The number of carbonyl (C=O) groups is 1. The van der Waals surface area contributed by atoms with Gasteiger partial charge in [0, 0.05) is 5.69 Å². The Labute approximate surface area is 128 Å². The van der Waals surface area contributed by atoms with E-state index in [1.807, 2.05) is 32.9 Å². The molecule has 5 heteroatoms. The van der Waals surface area contributed by atoms with Gasteiger partial charge in [0.1, 0.15) is 0 Å². The number of halogens is 1. The number of hydrogen-bond donors (Lipinski definition) is 0. The van der Waals surface area contributed by atoms with E-state index < -0.39 is 0 Å². The lowest BCUT2D eigenvalue weighted by atomic mass is 10.1. The second kappa shape index (κ2) is 6.70. The number of carbonyl (C=O) groups excluding carboxylic acids is 1.